The van der Waals surface area contributed by atoms with Crippen LogP contribution in [0.4, 0.5) is 5.13 Å². The maximum Gasteiger partial charge on any atom is 0.329 e. The number of rotatable bonds is 5. The maximum absolute atomic E-state index is 13.5. The largest absolute Gasteiger partial charge is 0.460 e. The number of amides is 1. The highest BCUT2D eigenvalue weighted by Crippen LogP contribution is 2.42. The van der Waals surface area contributed by atoms with E-state index < -0.39 is 35.1 Å². The fraction of sp³-hybridized carbons (Fsp3) is 0.520. The average molecular weight is 488 g/mol. The first-order chi connectivity index (χ1) is 15.7. The lowest BCUT2D eigenvalue weighted by atomic mass is 9.85. The van der Waals surface area contributed by atoms with E-state index in [1.807, 2.05) is 11.4 Å². The van der Waals surface area contributed by atoms with Crippen LogP contribution in [-0.2, 0) is 19.1 Å². The molecule has 0 saturated carbocycles. The molecular formula is C25H33N3O5S. The Morgan fingerprint density at radius 1 is 1.06 bits per heavy atom. The third-order valence-corrected chi connectivity index (χ3v) is 6.02. The first-order valence-corrected chi connectivity index (χ1v) is 12.1. The summed E-state index contributed by atoms with van der Waals surface area (Å²) in [6.45, 7) is 10.9. The molecular weight excluding hydrogens is 454 g/mol. The number of thiazole rings is 1. The predicted octanol–water partition coefficient (Wildman–Crippen LogP) is 4.02. The zero-order valence-electron chi connectivity index (χ0n) is 20.5. The van der Waals surface area contributed by atoms with Gasteiger partial charge in [-0.05, 0) is 53.7 Å². The molecule has 3 rings (SSSR count). The van der Waals surface area contributed by atoms with E-state index in [1.54, 1.807) is 65.8 Å². The van der Waals surface area contributed by atoms with Crippen molar-refractivity contribution >= 4 is 34.3 Å². The van der Waals surface area contributed by atoms with Crippen LogP contribution in [0.2, 0.25) is 0 Å². The Morgan fingerprint density at radius 3 is 2.21 bits per heavy atom. The Labute approximate surface area is 204 Å². The minimum Gasteiger partial charge on any atom is -0.460 e. The Kier molecular flexibility index (Phi) is 7.35. The molecule has 0 spiro atoms. The molecule has 1 saturated heterocycles. The number of hydrogen-bond donors (Lipinski definition) is 1. The molecule has 184 valence electrons. The van der Waals surface area contributed by atoms with E-state index in [1.165, 1.54) is 16.2 Å². The molecule has 1 aromatic carbocycles. The van der Waals surface area contributed by atoms with Crippen LogP contribution in [0.1, 0.15) is 69.9 Å². The molecule has 1 aliphatic rings. The number of hydrogen-bond acceptors (Lipinski definition) is 8. The lowest BCUT2D eigenvalue weighted by Crippen LogP contribution is -2.46. The lowest BCUT2D eigenvalue weighted by molar-refractivity contribution is -0.162. The molecule has 0 unspecified atom stereocenters. The summed E-state index contributed by atoms with van der Waals surface area (Å²) in [5, 5.41) is 2.19. The second-order valence-electron chi connectivity index (χ2n) is 10.5. The van der Waals surface area contributed by atoms with Crippen molar-refractivity contribution in [2.24, 2.45) is 5.92 Å². The number of anilines is 1. The molecule has 1 aromatic heterocycles. The number of aromatic nitrogens is 1. The summed E-state index contributed by atoms with van der Waals surface area (Å²) in [5.74, 6) is -2.29. The molecule has 0 radical (unpaired) electrons. The summed E-state index contributed by atoms with van der Waals surface area (Å²) in [4.78, 5) is 45.8. The van der Waals surface area contributed by atoms with Crippen LogP contribution in [0.5, 0.6) is 0 Å². The normalized spacial score (nSPS) is 20.8. The summed E-state index contributed by atoms with van der Waals surface area (Å²) in [6, 6.07) is 7.77. The molecule has 9 heteroatoms. The average Bonchev–Trinajstić information content (AvgIpc) is 3.29. The van der Waals surface area contributed by atoms with Crippen LogP contribution in [0.15, 0.2) is 35.7 Å². The van der Waals surface area contributed by atoms with Gasteiger partial charge in [0.1, 0.15) is 17.2 Å². The fourth-order valence-corrected chi connectivity index (χ4v) is 4.77. The summed E-state index contributed by atoms with van der Waals surface area (Å²) < 4.78 is 11.3. The van der Waals surface area contributed by atoms with Gasteiger partial charge < -0.3 is 20.1 Å². The topological polar surface area (TPSA) is 112 Å². The van der Waals surface area contributed by atoms with E-state index in [4.69, 9.17) is 15.2 Å². The molecule has 8 nitrogen and oxygen atoms in total. The van der Waals surface area contributed by atoms with E-state index in [-0.39, 0.29) is 24.8 Å². The molecule has 2 heterocycles. The van der Waals surface area contributed by atoms with Crippen LogP contribution in [-0.4, -0.2) is 51.5 Å². The van der Waals surface area contributed by atoms with Gasteiger partial charge >= 0.3 is 11.9 Å². The number of likely N-dealkylation sites (tertiary alicyclic amines) is 1. The molecule has 0 aliphatic carbocycles. The summed E-state index contributed by atoms with van der Waals surface area (Å²) in [7, 11) is 0. The molecule has 3 atom stereocenters. The molecule has 1 amide bonds. The number of benzene rings is 1. The summed E-state index contributed by atoms with van der Waals surface area (Å²) in [5.41, 5.74) is 5.53. The van der Waals surface area contributed by atoms with Crippen LogP contribution >= 0.6 is 11.3 Å². The van der Waals surface area contributed by atoms with Gasteiger partial charge in [-0.15, -0.1) is 11.3 Å². The molecule has 0 bridgehead atoms. The summed E-state index contributed by atoms with van der Waals surface area (Å²) in [6.07, 6.45) is -0.0676. The van der Waals surface area contributed by atoms with E-state index >= 15 is 0 Å². The Hall–Kier alpha value is -2.94. The number of nitrogen functional groups attached to an aromatic ring is 1. The maximum atomic E-state index is 13.5. The third-order valence-electron chi connectivity index (χ3n) is 5.32. The van der Waals surface area contributed by atoms with Gasteiger partial charge in [0, 0.05) is 29.3 Å². The van der Waals surface area contributed by atoms with Crippen LogP contribution in [0.3, 0.4) is 0 Å². The molecule has 34 heavy (non-hydrogen) atoms. The zero-order valence-corrected chi connectivity index (χ0v) is 21.3. The van der Waals surface area contributed by atoms with Crippen molar-refractivity contribution in [1.82, 2.24) is 9.88 Å². The number of nitrogens with zero attached hydrogens (tertiary/aromatic N) is 2. The first-order valence-electron chi connectivity index (χ1n) is 11.3. The van der Waals surface area contributed by atoms with E-state index in [9.17, 15) is 14.4 Å². The van der Waals surface area contributed by atoms with Gasteiger partial charge in [-0.3, -0.25) is 9.59 Å². The minimum atomic E-state index is -0.979. The Balaban J connectivity index is 2.04. The monoisotopic (exact) mass is 487 g/mol. The highest BCUT2D eigenvalue weighted by atomic mass is 32.1. The third kappa shape index (κ3) is 6.34. The van der Waals surface area contributed by atoms with E-state index in [2.05, 4.69) is 4.98 Å². The first kappa shape index (κ1) is 25.7. The van der Waals surface area contributed by atoms with Gasteiger partial charge in [-0.1, -0.05) is 18.2 Å². The highest BCUT2D eigenvalue weighted by Gasteiger charge is 2.51. The number of carbonyl (C=O) groups excluding carboxylic acids is 3. The smallest absolute Gasteiger partial charge is 0.329 e. The van der Waals surface area contributed by atoms with Crippen molar-refractivity contribution < 1.29 is 23.9 Å². The van der Waals surface area contributed by atoms with Gasteiger partial charge in [0.15, 0.2) is 5.13 Å². The molecule has 2 N–H and O–H groups in total. The van der Waals surface area contributed by atoms with Crippen LogP contribution in [0.25, 0.3) is 0 Å². The highest BCUT2D eigenvalue weighted by molar-refractivity contribution is 7.13. The van der Waals surface area contributed by atoms with Crippen LogP contribution in [0, 0.1) is 5.92 Å². The minimum absolute atomic E-state index is 0.0676. The van der Waals surface area contributed by atoms with Gasteiger partial charge in [0.05, 0.1) is 12.1 Å². The van der Waals surface area contributed by atoms with E-state index in [0.717, 1.165) is 0 Å². The number of carbonyl (C=O) groups is 3. The van der Waals surface area contributed by atoms with Gasteiger partial charge in [0.25, 0.3) is 5.91 Å². The van der Waals surface area contributed by atoms with Crippen LogP contribution < -0.4 is 5.73 Å². The SMILES string of the molecule is CC(C)(C)OC(=O)C[C@H]1[C@@H](c2csc(N)n2)CN(C(=O)c2ccccc2)[C@@H]1C(=O)OC(C)(C)C. The Bertz CT molecular complexity index is 1040. The van der Waals surface area contributed by atoms with Crippen molar-refractivity contribution in [3.63, 3.8) is 0 Å². The van der Waals surface area contributed by atoms with Crippen molar-refractivity contribution in [3.8, 4) is 0 Å². The molecule has 1 fully saturated rings. The second-order valence-corrected chi connectivity index (χ2v) is 11.4. The van der Waals surface area contributed by atoms with Gasteiger partial charge in [0.2, 0.25) is 0 Å². The second kappa shape index (κ2) is 9.74. The number of nitrogens with two attached hydrogens (primary N) is 1. The van der Waals surface area contributed by atoms with Crippen molar-refractivity contribution in [2.75, 3.05) is 12.3 Å². The number of esters is 2. The van der Waals surface area contributed by atoms with Crippen molar-refractivity contribution in [3.05, 3.63) is 47.0 Å². The molecule has 2 aromatic rings. The van der Waals surface area contributed by atoms with Crippen molar-refractivity contribution in [1.29, 1.82) is 0 Å². The van der Waals surface area contributed by atoms with E-state index in [0.29, 0.717) is 16.4 Å². The quantitative estimate of drug-likeness (QED) is 0.634. The Morgan fingerprint density at radius 2 is 1.68 bits per heavy atom. The number of ether oxygens (including phenoxy) is 2. The molecule has 1 aliphatic heterocycles. The summed E-state index contributed by atoms with van der Waals surface area (Å²) >= 11 is 1.28. The predicted molar refractivity (Wildman–Crippen MR) is 130 cm³/mol. The van der Waals surface area contributed by atoms with Gasteiger partial charge in [-0.2, -0.15) is 0 Å². The zero-order chi connectivity index (χ0) is 25.3. The van der Waals surface area contributed by atoms with Gasteiger partial charge in [-0.25, -0.2) is 9.78 Å². The van der Waals surface area contributed by atoms with Crippen molar-refractivity contribution in [2.45, 2.75) is 71.1 Å². The lowest BCUT2D eigenvalue weighted by Gasteiger charge is -2.30. The standard InChI is InChI=1S/C25H33N3O5S/c1-24(2,3)32-19(29)12-16-17(18-14-34-23(26)27-18)13-28(20(16)22(31)33-25(4,5)6)21(30)15-10-8-7-9-11-15/h7-11,14,16-17,20H,12-13H2,1-6H3,(H2,26,27)/t16-,17-,20-/m0/s1. The fourth-order valence-electron chi connectivity index (χ4n) is 4.15.